The van der Waals surface area contributed by atoms with E-state index in [1.807, 2.05) is 0 Å². The first-order valence-electron chi connectivity index (χ1n) is 6.49. The van der Waals surface area contributed by atoms with Gasteiger partial charge in [-0.1, -0.05) is 24.3 Å². The van der Waals surface area contributed by atoms with E-state index in [-0.39, 0.29) is 18.4 Å². The van der Waals surface area contributed by atoms with Crippen molar-refractivity contribution in [2.45, 2.75) is 6.54 Å². The molecule has 110 valence electrons. The van der Waals surface area contributed by atoms with Gasteiger partial charge in [0.2, 0.25) is 0 Å². The van der Waals surface area contributed by atoms with Gasteiger partial charge < -0.3 is 15.0 Å². The quantitative estimate of drug-likeness (QED) is 0.935. The summed E-state index contributed by atoms with van der Waals surface area (Å²) in [4.78, 5) is 13.5. The lowest BCUT2D eigenvalue weighted by Gasteiger charge is -2.18. The average Bonchev–Trinajstić information content (AvgIpc) is 2.49. The number of hydrogen-bond acceptors (Lipinski definition) is 2. The van der Waals surface area contributed by atoms with Crippen LogP contribution in [0.15, 0.2) is 48.5 Å². The van der Waals surface area contributed by atoms with E-state index in [0.29, 0.717) is 17.0 Å². The molecule has 0 unspecified atom stereocenters. The number of amides is 2. The van der Waals surface area contributed by atoms with E-state index in [4.69, 9.17) is 4.74 Å². The van der Waals surface area contributed by atoms with Gasteiger partial charge in [-0.05, 0) is 18.2 Å². The number of ether oxygens (including phenoxy) is 1. The van der Waals surface area contributed by atoms with Gasteiger partial charge in [-0.2, -0.15) is 0 Å². The number of carbonyl (C=O) groups is 1. The zero-order chi connectivity index (χ0) is 15.2. The van der Waals surface area contributed by atoms with E-state index in [1.54, 1.807) is 56.6 Å². The van der Waals surface area contributed by atoms with E-state index in [9.17, 15) is 9.18 Å². The monoisotopic (exact) mass is 288 g/mol. The summed E-state index contributed by atoms with van der Waals surface area (Å²) in [6.07, 6.45) is 0. The van der Waals surface area contributed by atoms with Crippen LogP contribution in [0.2, 0.25) is 0 Å². The second-order valence-electron chi connectivity index (χ2n) is 4.61. The van der Waals surface area contributed by atoms with Gasteiger partial charge in [-0.25, -0.2) is 9.18 Å². The largest absolute Gasteiger partial charge is 0.497 e. The molecule has 1 N–H and O–H groups in total. The maximum atomic E-state index is 13.6. The second kappa shape index (κ2) is 6.74. The average molecular weight is 288 g/mol. The number of methoxy groups -OCH3 is 1. The Morgan fingerprint density at radius 1 is 1.24 bits per heavy atom. The van der Waals surface area contributed by atoms with Crippen molar-refractivity contribution in [3.63, 3.8) is 0 Å². The van der Waals surface area contributed by atoms with Crippen LogP contribution in [-0.4, -0.2) is 25.1 Å². The Balaban J connectivity index is 2.01. The molecule has 2 amide bonds. The van der Waals surface area contributed by atoms with Crippen molar-refractivity contribution >= 4 is 11.7 Å². The number of benzene rings is 2. The number of nitrogens with one attached hydrogen (secondary N) is 1. The van der Waals surface area contributed by atoms with E-state index in [2.05, 4.69) is 5.32 Å². The summed E-state index contributed by atoms with van der Waals surface area (Å²) in [6, 6.07) is 13.1. The van der Waals surface area contributed by atoms with Crippen LogP contribution in [0.4, 0.5) is 14.9 Å². The number of carbonyl (C=O) groups excluding carboxylic acids is 1. The Kier molecular flexibility index (Phi) is 4.77. The molecule has 5 heteroatoms. The molecule has 0 saturated heterocycles. The van der Waals surface area contributed by atoms with Crippen molar-refractivity contribution in [1.29, 1.82) is 0 Å². The van der Waals surface area contributed by atoms with Crippen molar-refractivity contribution < 1.29 is 13.9 Å². The first-order chi connectivity index (χ1) is 10.1. The van der Waals surface area contributed by atoms with Crippen LogP contribution in [0, 0.1) is 5.82 Å². The highest BCUT2D eigenvalue weighted by molar-refractivity contribution is 5.89. The molecule has 0 spiro atoms. The fourth-order valence-electron chi connectivity index (χ4n) is 1.87. The number of anilines is 1. The third kappa shape index (κ3) is 3.95. The molecule has 4 nitrogen and oxygen atoms in total. The summed E-state index contributed by atoms with van der Waals surface area (Å²) < 4.78 is 18.7. The lowest BCUT2D eigenvalue weighted by atomic mass is 10.2. The van der Waals surface area contributed by atoms with E-state index in [1.165, 1.54) is 11.0 Å². The van der Waals surface area contributed by atoms with Gasteiger partial charge in [0.15, 0.2) is 0 Å². The lowest BCUT2D eigenvalue weighted by Crippen LogP contribution is -2.31. The normalized spacial score (nSPS) is 10.0. The van der Waals surface area contributed by atoms with E-state index in [0.717, 1.165) is 0 Å². The highest BCUT2D eigenvalue weighted by Gasteiger charge is 2.11. The molecule has 2 rings (SSSR count). The molecule has 21 heavy (non-hydrogen) atoms. The van der Waals surface area contributed by atoms with Crippen molar-refractivity contribution in [3.05, 3.63) is 59.9 Å². The Morgan fingerprint density at radius 2 is 2.00 bits per heavy atom. The Bertz CT molecular complexity index is 631. The summed E-state index contributed by atoms with van der Waals surface area (Å²) in [6.45, 7) is 0.197. The molecule has 0 aliphatic carbocycles. The van der Waals surface area contributed by atoms with Crippen molar-refractivity contribution in [3.8, 4) is 5.75 Å². The Hall–Kier alpha value is -2.56. The lowest BCUT2D eigenvalue weighted by molar-refractivity contribution is 0.220. The smallest absolute Gasteiger partial charge is 0.321 e. The predicted octanol–water partition coefficient (Wildman–Crippen LogP) is 3.50. The van der Waals surface area contributed by atoms with Crippen LogP contribution in [0.1, 0.15) is 5.56 Å². The molecule has 0 radical (unpaired) electrons. The van der Waals surface area contributed by atoms with Gasteiger partial charge in [0.05, 0.1) is 7.11 Å². The summed E-state index contributed by atoms with van der Waals surface area (Å²) in [5.74, 6) is 0.336. The molecule has 0 fully saturated rings. The van der Waals surface area contributed by atoms with Gasteiger partial charge >= 0.3 is 6.03 Å². The maximum absolute atomic E-state index is 13.6. The van der Waals surface area contributed by atoms with Crippen LogP contribution < -0.4 is 10.1 Å². The van der Waals surface area contributed by atoms with Gasteiger partial charge in [-0.15, -0.1) is 0 Å². The van der Waals surface area contributed by atoms with Gasteiger partial charge in [-0.3, -0.25) is 0 Å². The fraction of sp³-hybridized carbons (Fsp3) is 0.188. The molecular weight excluding hydrogens is 271 g/mol. The summed E-state index contributed by atoms with van der Waals surface area (Å²) in [5.41, 5.74) is 1.10. The first kappa shape index (κ1) is 14.8. The third-order valence-electron chi connectivity index (χ3n) is 3.03. The molecule has 0 heterocycles. The zero-order valence-electron chi connectivity index (χ0n) is 12.0. The van der Waals surface area contributed by atoms with Crippen molar-refractivity contribution in [1.82, 2.24) is 4.90 Å². The number of hydrogen-bond donors (Lipinski definition) is 1. The van der Waals surface area contributed by atoms with Crippen LogP contribution in [-0.2, 0) is 6.54 Å². The number of nitrogens with zero attached hydrogens (tertiary/aromatic N) is 1. The van der Waals surface area contributed by atoms with Crippen LogP contribution in [0.3, 0.4) is 0 Å². The van der Waals surface area contributed by atoms with Crippen molar-refractivity contribution in [2.75, 3.05) is 19.5 Å². The summed E-state index contributed by atoms with van der Waals surface area (Å²) in [5, 5.41) is 2.74. The van der Waals surface area contributed by atoms with Gasteiger partial charge in [0.25, 0.3) is 0 Å². The first-order valence-corrected chi connectivity index (χ1v) is 6.49. The molecule has 0 saturated carbocycles. The molecular formula is C16H17FN2O2. The minimum absolute atomic E-state index is 0.197. The number of rotatable bonds is 4. The number of urea groups is 1. The second-order valence-corrected chi connectivity index (χ2v) is 4.61. The molecule has 2 aromatic carbocycles. The number of halogens is 1. The topological polar surface area (TPSA) is 41.6 Å². The Labute approximate surface area is 123 Å². The third-order valence-corrected chi connectivity index (χ3v) is 3.03. The van der Waals surface area contributed by atoms with E-state index < -0.39 is 0 Å². The molecule has 0 atom stereocenters. The minimum Gasteiger partial charge on any atom is -0.497 e. The standard InChI is InChI=1S/C16H17FN2O2/c1-19(11-12-6-3-4-9-15(12)17)16(20)18-13-7-5-8-14(10-13)21-2/h3-10H,11H2,1-2H3,(H,18,20). The summed E-state index contributed by atoms with van der Waals surface area (Å²) >= 11 is 0. The molecule has 0 aliphatic rings. The van der Waals surface area contributed by atoms with Crippen molar-refractivity contribution in [2.24, 2.45) is 0 Å². The summed E-state index contributed by atoms with van der Waals surface area (Å²) in [7, 11) is 3.17. The molecule has 2 aromatic rings. The van der Waals surface area contributed by atoms with Gasteiger partial charge in [0.1, 0.15) is 11.6 Å². The zero-order valence-corrected chi connectivity index (χ0v) is 12.0. The van der Waals surface area contributed by atoms with E-state index >= 15 is 0 Å². The highest BCUT2D eigenvalue weighted by atomic mass is 19.1. The predicted molar refractivity (Wildman–Crippen MR) is 79.9 cm³/mol. The maximum Gasteiger partial charge on any atom is 0.321 e. The SMILES string of the molecule is COc1cccc(NC(=O)N(C)Cc2ccccc2F)c1. The van der Waals surface area contributed by atoms with Crippen LogP contribution in [0.25, 0.3) is 0 Å². The van der Waals surface area contributed by atoms with Crippen LogP contribution >= 0.6 is 0 Å². The minimum atomic E-state index is -0.321. The highest BCUT2D eigenvalue weighted by Crippen LogP contribution is 2.17. The molecule has 0 bridgehead atoms. The fourth-order valence-corrected chi connectivity index (χ4v) is 1.87. The van der Waals surface area contributed by atoms with Crippen LogP contribution in [0.5, 0.6) is 5.75 Å². The molecule has 0 aliphatic heterocycles. The Morgan fingerprint density at radius 3 is 2.71 bits per heavy atom. The molecule has 0 aromatic heterocycles. The van der Waals surface area contributed by atoms with Gasteiger partial charge in [0, 0.05) is 30.9 Å².